The summed E-state index contributed by atoms with van der Waals surface area (Å²) >= 11 is 5.70. The average molecular weight is 241 g/mol. The number of rotatable bonds is 1. The summed E-state index contributed by atoms with van der Waals surface area (Å²) in [7, 11) is 0. The summed E-state index contributed by atoms with van der Waals surface area (Å²) in [6.07, 6.45) is 0. The molecule has 0 amide bonds. The van der Waals surface area contributed by atoms with E-state index < -0.39 is 3.23 Å². The van der Waals surface area contributed by atoms with E-state index in [1.165, 1.54) is 0 Å². The van der Waals surface area contributed by atoms with Gasteiger partial charge in [-0.1, -0.05) is 0 Å². The molecule has 0 saturated heterocycles. The van der Waals surface area contributed by atoms with Gasteiger partial charge >= 0.3 is 0 Å². The fourth-order valence-electron chi connectivity index (χ4n) is 0.0602. The van der Waals surface area contributed by atoms with Gasteiger partial charge in [-0.05, 0) is 31.9 Å². The molecule has 0 aromatic rings. The van der Waals surface area contributed by atoms with Crippen LogP contribution in [0, 0.1) is 16.7 Å². The van der Waals surface area contributed by atoms with Crippen LogP contribution >= 0.6 is 31.9 Å². The Balaban J connectivity index is 4.19. The van der Waals surface area contributed by atoms with E-state index in [2.05, 4.69) is 31.9 Å². The first-order chi connectivity index (χ1) is 3.50. The van der Waals surface area contributed by atoms with Crippen LogP contribution < -0.4 is 5.73 Å². The standard InChI is InChI=1S/C3H3Br2N3/c4-3(5,1-6)2(7)8/h(H3,7,8). The Labute approximate surface area is 63.6 Å². The highest BCUT2D eigenvalue weighted by Gasteiger charge is 2.25. The van der Waals surface area contributed by atoms with E-state index >= 15 is 0 Å². The second-order valence-corrected chi connectivity index (χ2v) is 4.54. The molecule has 0 rings (SSSR count). The van der Waals surface area contributed by atoms with E-state index in [1.807, 2.05) is 0 Å². The van der Waals surface area contributed by atoms with Crippen LogP contribution in [-0.4, -0.2) is 9.07 Å². The Bertz CT molecular complexity index is 145. The Morgan fingerprint density at radius 1 is 1.75 bits per heavy atom. The van der Waals surface area contributed by atoms with Gasteiger partial charge in [0, 0.05) is 0 Å². The maximum absolute atomic E-state index is 8.20. The molecule has 0 atom stereocenters. The quantitative estimate of drug-likeness (QED) is 0.407. The highest BCUT2D eigenvalue weighted by Crippen LogP contribution is 2.23. The highest BCUT2D eigenvalue weighted by molar-refractivity contribution is 9.26. The molecular weight excluding hydrogens is 238 g/mol. The maximum Gasteiger partial charge on any atom is 0.222 e. The van der Waals surface area contributed by atoms with Gasteiger partial charge in [-0.15, -0.1) is 0 Å². The van der Waals surface area contributed by atoms with E-state index in [0.29, 0.717) is 0 Å². The van der Waals surface area contributed by atoms with Crippen molar-refractivity contribution >= 4 is 37.7 Å². The lowest BCUT2D eigenvalue weighted by Crippen LogP contribution is -2.29. The highest BCUT2D eigenvalue weighted by atomic mass is 79.9. The first kappa shape index (κ1) is 7.92. The van der Waals surface area contributed by atoms with Crippen molar-refractivity contribution in [1.82, 2.24) is 0 Å². The normalized spacial score (nSPS) is 10.1. The van der Waals surface area contributed by atoms with Gasteiger partial charge < -0.3 is 5.73 Å². The van der Waals surface area contributed by atoms with E-state index in [-0.39, 0.29) is 5.84 Å². The summed E-state index contributed by atoms with van der Waals surface area (Å²) < 4.78 is -1.17. The smallest absolute Gasteiger partial charge is 0.222 e. The lowest BCUT2D eigenvalue weighted by atomic mass is 10.4. The van der Waals surface area contributed by atoms with Crippen LogP contribution in [-0.2, 0) is 0 Å². The summed E-state index contributed by atoms with van der Waals surface area (Å²) in [5, 5.41) is 15.0. The number of hydrogen-bond acceptors (Lipinski definition) is 2. The summed E-state index contributed by atoms with van der Waals surface area (Å²) in [6.45, 7) is 0. The van der Waals surface area contributed by atoms with Crippen LogP contribution in [0.15, 0.2) is 0 Å². The molecule has 0 aromatic carbocycles. The third-order valence-corrected chi connectivity index (χ3v) is 1.69. The number of nitriles is 1. The van der Waals surface area contributed by atoms with Crippen molar-refractivity contribution in [2.24, 2.45) is 5.73 Å². The second-order valence-electron chi connectivity index (χ2n) is 1.10. The summed E-state index contributed by atoms with van der Waals surface area (Å²) in [5.41, 5.74) is 4.95. The van der Waals surface area contributed by atoms with Crippen LogP contribution in [0.1, 0.15) is 0 Å². The van der Waals surface area contributed by atoms with E-state index in [9.17, 15) is 0 Å². The fourth-order valence-corrected chi connectivity index (χ4v) is 0.0602. The molecule has 3 N–H and O–H groups in total. The van der Waals surface area contributed by atoms with E-state index in [0.717, 1.165) is 0 Å². The van der Waals surface area contributed by atoms with Gasteiger partial charge in [0.2, 0.25) is 3.23 Å². The molecule has 44 valence electrons. The van der Waals surface area contributed by atoms with Crippen molar-refractivity contribution in [3.05, 3.63) is 0 Å². The third kappa shape index (κ3) is 1.80. The lowest BCUT2D eigenvalue weighted by Gasteiger charge is -2.05. The Morgan fingerprint density at radius 3 is 2.12 bits per heavy atom. The molecule has 0 aromatic heterocycles. The first-order valence-corrected chi connectivity index (χ1v) is 3.23. The van der Waals surface area contributed by atoms with Crippen LogP contribution in [0.2, 0.25) is 0 Å². The summed E-state index contributed by atoms with van der Waals surface area (Å²) in [6, 6.07) is 1.72. The minimum atomic E-state index is -1.17. The SMILES string of the molecule is N#CC(Br)(Br)C(=N)N. The van der Waals surface area contributed by atoms with Gasteiger partial charge in [0.1, 0.15) is 11.9 Å². The fraction of sp³-hybridized carbons (Fsp3) is 0.333. The van der Waals surface area contributed by atoms with Gasteiger partial charge in [0.05, 0.1) is 0 Å². The molecule has 0 heterocycles. The summed E-state index contributed by atoms with van der Waals surface area (Å²) in [4.78, 5) is 0. The number of alkyl halides is 2. The van der Waals surface area contributed by atoms with Gasteiger partial charge in [0.25, 0.3) is 0 Å². The number of amidine groups is 1. The van der Waals surface area contributed by atoms with Crippen molar-refractivity contribution in [1.29, 1.82) is 10.7 Å². The van der Waals surface area contributed by atoms with Gasteiger partial charge in [-0.25, -0.2) is 0 Å². The Kier molecular flexibility index (Phi) is 2.44. The minimum absolute atomic E-state index is 0.250. The monoisotopic (exact) mass is 239 g/mol. The number of nitrogens with one attached hydrogen (secondary N) is 1. The van der Waals surface area contributed by atoms with E-state index in [4.69, 9.17) is 16.4 Å². The van der Waals surface area contributed by atoms with E-state index in [1.54, 1.807) is 6.07 Å². The van der Waals surface area contributed by atoms with Gasteiger partial charge in [0.15, 0.2) is 0 Å². The van der Waals surface area contributed by atoms with Crippen molar-refractivity contribution in [2.45, 2.75) is 3.23 Å². The predicted octanol–water partition coefficient (Wildman–Crippen LogP) is 0.932. The lowest BCUT2D eigenvalue weighted by molar-refractivity contribution is 1.30. The van der Waals surface area contributed by atoms with Gasteiger partial charge in [-0.3, -0.25) is 5.41 Å². The molecule has 0 fully saturated rings. The largest absolute Gasteiger partial charge is 0.385 e. The third-order valence-electron chi connectivity index (χ3n) is 0.479. The zero-order chi connectivity index (χ0) is 6.78. The number of nitrogens with zero attached hydrogens (tertiary/aromatic N) is 1. The van der Waals surface area contributed by atoms with Crippen molar-refractivity contribution in [3.63, 3.8) is 0 Å². The molecule has 8 heavy (non-hydrogen) atoms. The molecule has 0 aliphatic heterocycles. The summed E-state index contributed by atoms with van der Waals surface area (Å²) in [5.74, 6) is -0.250. The molecule has 0 aliphatic rings. The van der Waals surface area contributed by atoms with Crippen LogP contribution in [0.5, 0.6) is 0 Å². The topological polar surface area (TPSA) is 73.7 Å². The molecule has 3 nitrogen and oxygen atoms in total. The van der Waals surface area contributed by atoms with Crippen molar-refractivity contribution in [2.75, 3.05) is 0 Å². The zero-order valence-electron chi connectivity index (χ0n) is 3.78. The number of nitrogens with two attached hydrogens (primary N) is 1. The van der Waals surface area contributed by atoms with Crippen molar-refractivity contribution < 1.29 is 0 Å². The maximum atomic E-state index is 8.20. The zero-order valence-corrected chi connectivity index (χ0v) is 6.95. The van der Waals surface area contributed by atoms with Crippen LogP contribution in [0.25, 0.3) is 0 Å². The molecule has 0 unspecified atom stereocenters. The Morgan fingerprint density at radius 2 is 2.12 bits per heavy atom. The van der Waals surface area contributed by atoms with Crippen molar-refractivity contribution in [3.8, 4) is 6.07 Å². The minimum Gasteiger partial charge on any atom is -0.385 e. The number of hydrogen-bond donors (Lipinski definition) is 2. The number of halogens is 2. The molecule has 0 saturated carbocycles. The van der Waals surface area contributed by atoms with Crippen LogP contribution in [0.4, 0.5) is 0 Å². The van der Waals surface area contributed by atoms with Crippen LogP contribution in [0.3, 0.4) is 0 Å². The van der Waals surface area contributed by atoms with Gasteiger partial charge in [-0.2, -0.15) is 5.26 Å². The first-order valence-electron chi connectivity index (χ1n) is 1.64. The molecule has 0 radical (unpaired) electrons. The second kappa shape index (κ2) is 2.46. The molecule has 0 bridgehead atoms. The predicted molar refractivity (Wildman–Crippen MR) is 38.1 cm³/mol. The molecule has 0 spiro atoms. The molecule has 0 aliphatic carbocycles. The molecular formula is C3H3Br2N3. The molecule has 5 heteroatoms. The Hall–Kier alpha value is -0.0800. The average Bonchev–Trinajstić information content (AvgIpc) is 1.67.